The van der Waals surface area contributed by atoms with Gasteiger partial charge in [0.05, 0.1) is 0 Å². The quantitative estimate of drug-likeness (QED) is 0.686. The maximum Gasteiger partial charge on any atom is 0.323 e. The van der Waals surface area contributed by atoms with Crippen molar-refractivity contribution in [2.75, 3.05) is 6.54 Å². The van der Waals surface area contributed by atoms with Gasteiger partial charge in [0.15, 0.2) is 0 Å². The van der Waals surface area contributed by atoms with Crippen LogP contribution in [0.5, 0.6) is 0 Å². The van der Waals surface area contributed by atoms with Gasteiger partial charge in [-0.1, -0.05) is 6.58 Å². The topological polar surface area (TPSA) is 44.7 Å². The summed E-state index contributed by atoms with van der Waals surface area (Å²) in [5, 5.41) is 2.71. The molecule has 0 aromatic heterocycles. The summed E-state index contributed by atoms with van der Waals surface area (Å²) in [6.07, 6.45) is 2.22. The Bertz CT molecular complexity index is 245. The van der Waals surface area contributed by atoms with Gasteiger partial charge in [-0.2, -0.15) is 0 Å². The standard InChI is InChI=1S/C9H15N3O/c1-4-10-8-5-6-12(7(2)3)9(13)11-8/h4,7H,1,5-6H2,2-3H3,(H,10,11,13). The molecule has 0 unspecified atom stereocenters. The van der Waals surface area contributed by atoms with Gasteiger partial charge < -0.3 is 4.90 Å². The van der Waals surface area contributed by atoms with Crippen LogP contribution in [0.4, 0.5) is 4.79 Å². The molecule has 0 aliphatic carbocycles. The summed E-state index contributed by atoms with van der Waals surface area (Å²) in [6.45, 7) is 8.20. The number of hydrogen-bond donors (Lipinski definition) is 1. The molecule has 0 aromatic rings. The first kappa shape index (κ1) is 9.77. The second-order valence-electron chi connectivity index (χ2n) is 3.23. The SMILES string of the molecule is C=CN=C1CCN(C(C)C)C(=O)N1. The van der Waals surface area contributed by atoms with Crippen LogP contribution in [0.3, 0.4) is 0 Å². The summed E-state index contributed by atoms with van der Waals surface area (Å²) in [5.41, 5.74) is 0. The van der Waals surface area contributed by atoms with E-state index in [0.29, 0.717) is 5.84 Å². The van der Waals surface area contributed by atoms with Crippen molar-refractivity contribution in [3.63, 3.8) is 0 Å². The van der Waals surface area contributed by atoms with Crippen molar-refractivity contribution < 1.29 is 4.79 Å². The van der Waals surface area contributed by atoms with Gasteiger partial charge in [0.1, 0.15) is 5.84 Å². The lowest BCUT2D eigenvalue weighted by atomic mass is 10.2. The van der Waals surface area contributed by atoms with Gasteiger partial charge in [-0.3, -0.25) is 5.32 Å². The number of urea groups is 1. The number of aliphatic imine (C=N–C) groups is 1. The third-order valence-electron chi connectivity index (χ3n) is 1.97. The molecule has 1 saturated heterocycles. The van der Waals surface area contributed by atoms with Crippen LogP contribution >= 0.6 is 0 Å². The van der Waals surface area contributed by atoms with Crippen LogP contribution < -0.4 is 5.32 Å². The molecule has 0 spiro atoms. The van der Waals surface area contributed by atoms with E-state index in [9.17, 15) is 4.79 Å². The Labute approximate surface area is 78.3 Å². The Morgan fingerprint density at radius 1 is 1.69 bits per heavy atom. The Kier molecular flexibility index (Phi) is 3.06. The van der Waals surface area contributed by atoms with Crippen LogP contribution in [0.1, 0.15) is 20.3 Å². The second-order valence-corrected chi connectivity index (χ2v) is 3.23. The van der Waals surface area contributed by atoms with E-state index < -0.39 is 0 Å². The molecule has 1 aliphatic heterocycles. The lowest BCUT2D eigenvalue weighted by Gasteiger charge is -2.31. The zero-order valence-corrected chi connectivity index (χ0v) is 8.08. The number of hydrogen-bond acceptors (Lipinski definition) is 2. The number of carbonyl (C=O) groups excluding carboxylic acids is 1. The van der Waals surface area contributed by atoms with E-state index in [1.807, 2.05) is 13.8 Å². The summed E-state index contributed by atoms with van der Waals surface area (Å²) >= 11 is 0. The van der Waals surface area contributed by atoms with E-state index in [2.05, 4.69) is 16.9 Å². The highest BCUT2D eigenvalue weighted by molar-refractivity contribution is 6.00. The summed E-state index contributed by atoms with van der Waals surface area (Å²) in [7, 11) is 0. The Hall–Kier alpha value is -1.32. The molecule has 1 aliphatic rings. The molecule has 0 aromatic carbocycles. The minimum Gasteiger partial charge on any atom is -0.322 e. The molecule has 4 nitrogen and oxygen atoms in total. The van der Waals surface area contributed by atoms with E-state index in [0.717, 1.165) is 13.0 Å². The Morgan fingerprint density at radius 2 is 2.38 bits per heavy atom. The highest BCUT2D eigenvalue weighted by Gasteiger charge is 2.23. The number of nitrogens with zero attached hydrogens (tertiary/aromatic N) is 2. The maximum atomic E-state index is 11.4. The summed E-state index contributed by atoms with van der Waals surface area (Å²) in [6, 6.07) is 0.173. The first-order valence-electron chi connectivity index (χ1n) is 4.40. The number of carbonyl (C=O) groups is 1. The minimum atomic E-state index is -0.0677. The molecule has 13 heavy (non-hydrogen) atoms. The van der Waals surface area contributed by atoms with Crippen molar-refractivity contribution in [3.8, 4) is 0 Å². The third-order valence-corrected chi connectivity index (χ3v) is 1.97. The highest BCUT2D eigenvalue weighted by Crippen LogP contribution is 2.05. The normalized spacial score (nSPS) is 20.7. The van der Waals surface area contributed by atoms with E-state index in [-0.39, 0.29) is 12.1 Å². The van der Waals surface area contributed by atoms with Crippen LogP contribution in [0, 0.1) is 0 Å². The monoisotopic (exact) mass is 181 g/mol. The smallest absolute Gasteiger partial charge is 0.322 e. The van der Waals surface area contributed by atoms with Crippen LogP contribution in [0.25, 0.3) is 0 Å². The van der Waals surface area contributed by atoms with Crippen molar-refractivity contribution in [3.05, 3.63) is 12.8 Å². The Balaban J connectivity index is 2.61. The fraction of sp³-hybridized carbons (Fsp3) is 0.556. The first-order valence-corrected chi connectivity index (χ1v) is 4.40. The largest absolute Gasteiger partial charge is 0.323 e. The van der Waals surface area contributed by atoms with Crippen molar-refractivity contribution in [1.29, 1.82) is 0 Å². The summed E-state index contributed by atoms with van der Waals surface area (Å²) < 4.78 is 0. The zero-order valence-electron chi connectivity index (χ0n) is 8.08. The third kappa shape index (κ3) is 2.31. The lowest BCUT2D eigenvalue weighted by Crippen LogP contribution is -2.52. The minimum absolute atomic E-state index is 0.0677. The summed E-state index contributed by atoms with van der Waals surface area (Å²) in [5.74, 6) is 0.705. The number of amidine groups is 1. The molecule has 72 valence electrons. The predicted molar refractivity (Wildman–Crippen MR) is 52.6 cm³/mol. The molecule has 0 radical (unpaired) electrons. The molecular weight excluding hydrogens is 166 g/mol. The van der Waals surface area contributed by atoms with Crippen molar-refractivity contribution in [1.82, 2.24) is 10.2 Å². The molecule has 4 heteroatoms. The number of amides is 2. The van der Waals surface area contributed by atoms with E-state index in [1.165, 1.54) is 6.20 Å². The molecule has 0 atom stereocenters. The van der Waals surface area contributed by atoms with Crippen LogP contribution in [-0.4, -0.2) is 29.4 Å². The predicted octanol–water partition coefficient (Wildman–Crippen LogP) is 1.35. The molecule has 2 amide bonds. The fourth-order valence-electron chi connectivity index (χ4n) is 1.29. The molecular formula is C9H15N3O. The average molecular weight is 181 g/mol. The second kappa shape index (κ2) is 4.07. The molecule has 1 N–H and O–H groups in total. The van der Waals surface area contributed by atoms with Crippen LogP contribution in [0.15, 0.2) is 17.8 Å². The highest BCUT2D eigenvalue weighted by atomic mass is 16.2. The van der Waals surface area contributed by atoms with Gasteiger partial charge in [-0.05, 0) is 13.8 Å². The summed E-state index contributed by atoms with van der Waals surface area (Å²) in [4.78, 5) is 17.2. The molecule has 1 heterocycles. The fourth-order valence-corrected chi connectivity index (χ4v) is 1.29. The number of rotatable bonds is 2. The van der Waals surface area contributed by atoms with Gasteiger partial charge in [0, 0.05) is 25.2 Å². The average Bonchev–Trinajstić information content (AvgIpc) is 2.04. The zero-order chi connectivity index (χ0) is 9.84. The first-order chi connectivity index (χ1) is 6.15. The maximum absolute atomic E-state index is 11.4. The van der Waals surface area contributed by atoms with Crippen molar-refractivity contribution in [2.24, 2.45) is 4.99 Å². The van der Waals surface area contributed by atoms with Gasteiger partial charge in [-0.15, -0.1) is 0 Å². The van der Waals surface area contributed by atoms with Crippen LogP contribution in [0.2, 0.25) is 0 Å². The molecule has 1 fully saturated rings. The van der Waals surface area contributed by atoms with E-state index >= 15 is 0 Å². The molecule has 1 rings (SSSR count). The van der Waals surface area contributed by atoms with Crippen molar-refractivity contribution >= 4 is 11.9 Å². The van der Waals surface area contributed by atoms with E-state index in [1.54, 1.807) is 4.90 Å². The lowest BCUT2D eigenvalue weighted by molar-refractivity contribution is 0.185. The Morgan fingerprint density at radius 3 is 2.85 bits per heavy atom. The molecule has 0 bridgehead atoms. The van der Waals surface area contributed by atoms with Gasteiger partial charge in [0.2, 0.25) is 0 Å². The van der Waals surface area contributed by atoms with Crippen molar-refractivity contribution in [2.45, 2.75) is 26.3 Å². The van der Waals surface area contributed by atoms with Crippen LogP contribution in [-0.2, 0) is 0 Å². The van der Waals surface area contributed by atoms with Gasteiger partial charge in [-0.25, -0.2) is 9.79 Å². The molecule has 0 saturated carbocycles. The number of nitrogens with one attached hydrogen (secondary N) is 1. The van der Waals surface area contributed by atoms with Gasteiger partial charge >= 0.3 is 6.03 Å². The van der Waals surface area contributed by atoms with Gasteiger partial charge in [0.25, 0.3) is 0 Å². The van der Waals surface area contributed by atoms with E-state index in [4.69, 9.17) is 0 Å².